The molecule has 0 saturated heterocycles. The Morgan fingerprint density at radius 1 is 0.647 bits per heavy atom. The molecule has 0 amide bonds. The Kier molecular flexibility index (Phi) is 7.27. The van der Waals surface area contributed by atoms with E-state index in [0.29, 0.717) is 26.8 Å². The van der Waals surface area contributed by atoms with Crippen molar-refractivity contribution >= 4 is 41.1 Å². The molecule has 170 valence electrons. The summed E-state index contributed by atoms with van der Waals surface area (Å²) in [4.78, 5) is 4.88. The molecule has 1 aromatic heterocycles. The van der Waals surface area contributed by atoms with Crippen LogP contribution in [0.1, 0.15) is 13.8 Å². The second-order valence-electron chi connectivity index (χ2n) is 7.91. The number of hydrogen-bond acceptors (Lipinski definition) is 3. The van der Waals surface area contributed by atoms with Gasteiger partial charge in [0, 0.05) is 15.9 Å². The highest BCUT2D eigenvalue weighted by atomic mass is 31.2. The molecule has 0 radical (unpaired) electrons. The van der Waals surface area contributed by atoms with Crippen LogP contribution in [0.2, 0.25) is 0 Å². The van der Waals surface area contributed by atoms with Gasteiger partial charge < -0.3 is 9.13 Å². The van der Waals surface area contributed by atoms with E-state index >= 15 is 0 Å². The van der Waals surface area contributed by atoms with Crippen molar-refractivity contribution in [2.24, 2.45) is 0 Å². The molecule has 0 N–H and O–H groups in total. The molecule has 1 unspecified atom stereocenters. The van der Waals surface area contributed by atoms with E-state index in [-0.39, 0.29) is 0 Å². The molecule has 5 heteroatoms. The minimum absolute atomic E-state index is 0.428. The monoisotopic (exact) mass is 483 g/mol. The number of aromatic nitrogens is 1. The van der Waals surface area contributed by atoms with Gasteiger partial charge in [-0.15, -0.1) is 0 Å². The summed E-state index contributed by atoms with van der Waals surface area (Å²) in [6.07, 6.45) is 5.66. The summed E-state index contributed by atoms with van der Waals surface area (Å²) < 4.78 is 29.5. The third-order valence-corrected chi connectivity index (χ3v) is 11.8. The lowest BCUT2D eigenvalue weighted by Gasteiger charge is -2.23. The Balaban J connectivity index is 1.98. The lowest BCUT2D eigenvalue weighted by molar-refractivity contribution is 0.590. The Bertz CT molecular complexity index is 1370. The Labute approximate surface area is 201 Å². The van der Waals surface area contributed by atoms with Gasteiger partial charge >= 0.3 is 0 Å². The summed E-state index contributed by atoms with van der Waals surface area (Å²) in [7, 11) is -6.53. The molecule has 0 saturated carbocycles. The normalized spacial score (nSPS) is 14.1. The summed E-state index contributed by atoms with van der Waals surface area (Å²) in [5.74, 6) is 0. The van der Waals surface area contributed by atoms with Crippen LogP contribution in [0.3, 0.4) is 0 Å². The average Bonchev–Trinajstić information content (AvgIpc) is 2.92. The molecule has 0 bridgehead atoms. The van der Waals surface area contributed by atoms with Crippen LogP contribution in [-0.2, 0) is 9.13 Å². The zero-order valence-electron chi connectivity index (χ0n) is 19.3. The minimum Gasteiger partial charge on any atom is -0.307 e. The molecule has 4 aromatic rings. The van der Waals surface area contributed by atoms with Crippen molar-refractivity contribution in [1.82, 2.24) is 4.98 Å². The molecule has 34 heavy (non-hydrogen) atoms. The fourth-order valence-electron chi connectivity index (χ4n) is 3.95. The van der Waals surface area contributed by atoms with Crippen molar-refractivity contribution in [3.8, 4) is 0 Å². The minimum atomic E-state index is -3.28. The van der Waals surface area contributed by atoms with Crippen LogP contribution in [0.15, 0.2) is 133 Å². The van der Waals surface area contributed by atoms with E-state index in [4.69, 9.17) is 4.98 Å². The molecule has 0 fully saturated rings. The van der Waals surface area contributed by atoms with Crippen molar-refractivity contribution in [3.63, 3.8) is 0 Å². The van der Waals surface area contributed by atoms with Gasteiger partial charge in [0.25, 0.3) is 0 Å². The predicted octanol–water partition coefficient (Wildman–Crippen LogP) is 5.51. The first-order chi connectivity index (χ1) is 16.5. The van der Waals surface area contributed by atoms with Crippen LogP contribution in [0.25, 0.3) is 0 Å². The maximum Gasteiger partial charge on any atom is 0.188 e. The first kappa shape index (κ1) is 23.9. The van der Waals surface area contributed by atoms with Crippen molar-refractivity contribution in [3.05, 3.63) is 133 Å². The number of allylic oxidation sites excluding steroid dienone is 4. The van der Waals surface area contributed by atoms with Crippen molar-refractivity contribution in [2.75, 3.05) is 0 Å². The quantitative estimate of drug-likeness (QED) is 0.257. The van der Waals surface area contributed by atoms with Crippen LogP contribution in [0, 0.1) is 0 Å². The van der Waals surface area contributed by atoms with E-state index in [0.717, 1.165) is 5.31 Å². The zero-order chi connectivity index (χ0) is 24.0. The fraction of sp³-hybridized carbons (Fsp3) is 0.0690. The van der Waals surface area contributed by atoms with Crippen molar-refractivity contribution in [1.29, 1.82) is 0 Å². The van der Waals surface area contributed by atoms with Crippen LogP contribution in [0.4, 0.5) is 0 Å². The molecular weight excluding hydrogens is 456 g/mol. The lowest BCUT2D eigenvalue weighted by Crippen LogP contribution is -2.31. The van der Waals surface area contributed by atoms with Gasteiger partial charge in [-0.3, -0.25) is 0 Å². The van der Waals surface area contributed by atoms with Gasteiger partial charge in [-0.05, 0) is 31.3 Å². The highest BCUT2D eigenvalue weighted by Gasteiger charge is 2.35. The van der Waals surface area contributed by atoms with Gasteiger partial charge in [0.1, 0.15) is 10.9 Å². The van der Waals surface area contributed by atoms with E-state index in [1.807, 2.05) is 129 Å². The third kappa shape index (κ3) is 4.42. The highest BCUT2D eigenvalue weighted by Crippen LogP contribution is 2.51. The van der Waals surface area contributed by atoms with Gasteiger partial charge in [0.2, 0.25) is 0 Å². The van der Waals surface area contributed by atoms with Gasteiger partial charge in [0.05, 0.1) is 0 Å². The van der Waals surface area contributed by atoms with E-state index in [1.165, 1.54) is 0 Å². The summed E-state index contributed by atoms with van der Waals surface area (Å²) in [5.41, 5.74) is 0.860. The number of benzene rings is 3. The Morgan fingerprint density at radius 3 is 1.62 bits per heavy atom. The van der Waals surface area contributed by atoms with Crippen molar-refractivity contribution < 1.29 is 9.13 Å². The molecule has 3 nitrogen and oxygen atoms in total. The lowest BCUT2D eigenvalue weighted by atomic mass is 10.4. The number of nitrogens with zero attached hydrogens (tertiary/aromatic N) is 1. The molecule has 3 aromatic carbocycles. The maximum atomic E-state index is 14.8. The van der Waals surface area contributed by atoms with E-state index in [2.05, 4.69) is 0 Å². The summed E-state index contributed by atoms with van der Waals surface area (Å²) in [5, 5.41) is 2.81. The van der Waals surface area contributed by atoms with Crippen LogP contribution >= 0.6 is 14.3 Å². The summed E-state index contributed by atoms with van der Waals surface area (Å²) in [6, 6.07) is 33.6. The Hall–Kier alpha value is -3.25. The molecule has 1 heterocycles. The Morgan fingerprint density at radius 2 is 1.12 bits per heavy atom. The first-order valence-corrected chi connectivity index (χ1v) is 14.6. The highest BCUT2D eigenvalue weighted by molar-refractivity contribution is 7.85. The first-order valence-electron chi connectivity index (χ1n) is 11.2. The second kappa shape index (κ2) is 10.3. The summed E-state index contributed by atoms with van der Waals surface area (Å²) in [6.45, 7) is 3.79. The molecule has 1 atom stereocenters. The molecule has 0 aliphatic heterocycles. The maximum absolute atomic E-state index is 14.8. The molecule has 0 aliphatic rings. The smallest absolute Gasteiger partial charge is 0.188 e. The predicted molar refractivity (Wildman–Crippen MR) is 146 cm³/mol. The van der Waals surface area contributed by atoms with E-state index in [1.54, 1.807) is 12.1 Å². The van der Waals surface area contributed by atoms with Gasteiger partial charge in [-0.1, -0.05) is 115 Å². The topological polar surface area (TPSA) is 47.0 Å². The largest absolute Gasteiger partial charge is 0.307 e. The van der Waals surface area contributed by atoms with Gasteiger partial charge in [-0.25, -0.2) is 4.98 Å². The number of hydrogen-bond donors (Lipinski definition) is 0. The van der Waals surface area contributed by atoms with Gasteiger partial charge in [-0.2, -0.15) is 0 Å². The van der Waals surface area contributed by atoms with E-state index < -0.39 is 14.3 Å². The van der Waals surface area contributed by atoms with Crippen LogP contribution < -0.4 is 26.8 Å². The standard InChI is InChI=1S/C29H27NO2P2/c1-3-4-15-24(2)33(31,25-16-8-5-9-17-25)28-22-14-23-29(30-28)34(32,26-18-10-6-11-19-26)27-20-12-7-13-21-27/h3-23H,1-2H3. The van der Waals surface area contributed by atoms with Gasteiger partial charge in [0.15, 0.2) is 14.3 Å². The number of rotatable bonds is 7. The van der Waals surface area contributed by atoms with E-state index in [9.17, 15) is 9.13 Å². The molecular formula is C29H27NO2P2. The number of pyridine rings is 1. The zero-order valence-corrected chi connectivity index (χ0v) is 21.1. The van der Waals surface area contributed by atoms with Crippen molar-refractivity contribution in [2.45, 2.75) is 13.8 Å². The molecule has 0 spiro atoms. The van der Waals surface area contributed by atoms with Crippen LogP contribution in [-0.4, -0.2) is 4.98 Å². The average molecular weight is 483 g/mol. The summed E-state index contributed by atoms with van der Waals surface area (Å²) >= 11 is 0. The fourth-order valence-corrected chi connectivity index (χ4v) is 9.05. The van der Waals surface area contributed by atoms with Crippen LogP contribution in [0.5, 0.6) is 0 Å². The SMILES string of the molecule is CC=CC=C(C)P(=O)(c1ccccc1)c1cccc(P(=O)(c2ccccc2)c2ccccc2)n1. The molecule has 0 aliphatic carbocycles. The molecule has 4 rings (SSSR count). The second-order valence-corrected chi connectivity index (χ2v) is 13.5. The third-order valence-electron chi connectivity index (χ3n) is 5.75.